The summed E-state index contributed by atoms with van der Waals surface area (Å²) in [4.78, 5) is 28.0. The van der Waals surface area contributed by atoms with Crippen LogP contribution in [0, 0.1) is 5.82 Å². The molecule has 2 aromatic rings. The van der Waals surface area contributed by atoms with Crippen LogP contribution in [0.2, 0.25) is 0 Å². The summed E-state index contributed by atoms with van der Waals surface area (Å²) in [6.45, 7) is 2.80. The van der Waals surface area contributed by atoms with Gasteiger partial charge in [-0.25, -0.2) is 4.39 Å². The van der Waals surface area contributed by atoms with Crippen molar-refractivity contribution < 1.29 is 28.2 Å². The summed E-state index contributed by atoms with van der Waals surface area (Å²) >= 11 is 0. The number of rotatable bonds is 5. The predicted molar refractivity (Wildman–Crippen MR) is 127 cm³/mol. The first-order chi connectivity index (χ1) is 17.0. The van der Waals surface area contributed by atoms with E-state index in [9.17, 15) is 14.0 Å². The Kier molecular flexibility index (Phi) is 6.61. The van der Waals surface area contributed by atoms with Crippen LogP contribution in [0.25, 0.3) is 6.08 Å². The normalized spacial score (nSPS) is 23.3. The minimum Gasteiger partial charge on any atom is -0.486 e. The molecule has 0 aromatic heterocycles. The molecule has 0 spiro atoms. The molecule has 184 valence electrons. The van der Waals surface area contributed by atoms with Crippen LogP contribution in [-0.4, -0.2) is 48.6 Å². The zero-order valence-electron chi connectivity index (χ0n) is 19.7. The van der Waals surface area contributed by atoms with Crippen LogP contribution in [0.15, 0.2) is 48.2 Å². The molecule has 1 N–H and O–H groups in total. The maximum atomic E-state index is 14.2. The fourth-order valence-corrected chi connectivity index (χ4v) is 4.95. The van der Waals surface area contributed by atoms with E-state index in [1.54, 1.807) is 23.1 Å². The van der Waals surface area contributed by atoms with Gasteiger partial charge in [-0.15, -0.1) is 0 Å². The first-order valence-corrected chi connectivity index (χ1v) is 12.1. The maximum Gasteiger partial charge on any atom is 0.289 e. The van der Waals surface area contributed by atoms with E-state index >= 15 is 0 Å². The van der Waals surface area contributed by atoms with Gasteiger partial charge in [-0.1, -0.05) is 30.7 Å². The minimum atomic E-state index is -0.431. The molecule has 3 atom stereocenters. The third kappa shape index (κ3) is 4.97. The molecule has 0 radical (unpaired) electrons. The van der Waals surface area contributed by atoms with Crippen LogP contribution in [0.1, 0.15) is 49.8 Å². The number of hydrogen-bond acceptors (Lipinski definition) is 5. The summed E-state index contributed by atoms with van der Waals surface area (Å²) < 4.78 is 31.4. The Bertz CT molecular complexity index is 1150. The molecule has 7 nitrogen and oxygen atoms in total. The molecule has 5 rings (SSSR count). The van der Waals surface area contributed by atoms with Crippen molar-refractivity contribution in [2.45, 2.75) is 50.8 Å². The van der Waals surface area contributed by atoms with Crippen molar-refractivity contribution in [3.8, 4) is 11.5 Å². The summed E-state index contributed by atoms with van der Waals surface area (Å²) in [6.07, 6.45) is 4.75. The maximum absolute atomic E-state index is 14.2. The number of halogens is 1. The number of nitrogens with zero attached hydrogens (tertiary/aromatic N) is 1. The van der Waals surface area contributed by atoms with E-state index in [0.717, 1.165) is 31.2 Å². The smallest absolute Gasteiger partial charge is 0.289 e. The van der Waals surface area contributed by atoms with Gasteiger partial charge in [0.2, 0.25) is 5.91 Å². The van der Waals surface area contributed by atoms with Crippen LogP contribution in [-0.2, 0) is 14.3 Å². The van der Waals surface area contributed by atoms with Gasteiger partial charge in [0.15, 0.2) is 17.3 Å². The number of carbonyl (C=O) groups excluding carboxylic acids is 2. The summed E-state index contributed by atoms with van der Waals surface area (Å²) in [7, 11) is 0. The number of amides is 2. The van der Waals surface area contributed by atoms with Crippen molar-refractivity contribution >= 4 is 17.9 Å². The van der Waals surface area contributed by atoms with Crippen LogP contribution >= 0.6 is 0 Å². The SMILES string of the molecule is CC(NC(=O)CN1C(=O)/C(=C\c2ccccc2F)OC2CCCCC21)c1ccc2c(c1)OCCO2. The van der Waals surface area contributed by atoms with Crippen LogP contribution < -0.4 is 14.8 Å². The summed E-state index contributed by atoms with van der Waals surface area (Å²) in [6, 6.07) is 11.4. The molecule has 1 saturated heterocycles. The van der Waals surface area contributed by atoms with E-state index in [1.807, 2.05) is 25.1 Å². The molecule has 2 heterocycles. The zero-order valence-corrected chi connectivity index (χ0v) is 19.7. The van der Waals surface area contributed by atoms with E-state index in [2.05, 4.69) is 5.32 Å². The molecule has 8 heteroatoms. The number of fused-ring (bicyclic) bond motifs is 2. The highest BCUT2D eigenvalue weighted by atomic mass is 19.1. The Balaban J connectivity index is 1.32. The molecule has 2 aromatic carbocycles. The van der Waals surface area contributed by atoms with E-state index in [-0.39, 0.29) is 42.0 Å². The quantitative estimate of drug-likeness (QED) is 0.655. The highest BCUT2D eigenvalue weighted by Crippen LogP contribution is 2.34. The average molecular weight is 481 g/mol. The topological polar surface area (TPSA) is 77.1 Å². The van der Waals surface area contributed by atoms with Gasteiger partial charge in [-0.2, -0.15) is 0 Å². The van der Waals surface area contributed by atoms with Gasteiger partial charge >= 0.3 is 0 Å². The van der Waals surface area contributed by atoms with E-state index in [0.29, 0.717) is 24.7 Å². The Morgan fingerprint density at radius 1 is 1.14 bits per heavy atom. The monoisotopic (exact) mass is 480 g/mol. The Labute approximate surface area is 203 Å². The van der Waals surface area contributed by atoms with Crippen molar-refractivity contribution in [3.63, 3.8) is 0 Å². The first kappa shape index (κ1) is 23.2. The molecule has 2 amide bonds. The van der Waals surface area contributed by atoms with Gasteiger partial charge in [0.05, 0.1) is 12.1 Å². The van der Waals surface area contributed by atoms with E-state index < -0.39 is 11.7 Å². The molecule has 3 unspecified atom stereocenters. The van der Waals surface area contributed by atoms with Crippen LogP contribution in [0.5, 0.6) is 11.5 Å². The zero-order chi connectivity index (χ0) is 24.4. The van der Waals surface area contributed by atoms with Crippen molar-refractivity contribution in [1.82, 2.24) is 10.2 Å². The van der Waals surface area contributed by atoms with Gasteiger partial charge in [0.25, 0.3) is 5.91 Å². The number of morpholine rings is 1. The lowest BCUT2D eigenvalue weighted by atomic mass is 9.89. The molecule has 35 heavy (non-hydrogen) atoms. The van der Waals surface area contributed by atoms with E-state index in [1.165, 1.54) is 12.1 Å². The fourth-order valence-electron chi connectivity index (χ4n) is 4.95. The third-order valence-corrected chi connectivity index (χ3v) is 6.77. The number of carbonyl (C=O) groups is 2. The lowest BCUT2D eigenvalue weighted by Crippen LogP contribution is -2.57. The van der Waals surface area contributed by atoms with Crippen molar-refractivity contribution in [3.05, 3.63) is 65.2 Å². The van der Waals surface area contributed by atoms with Gasteiger partial charge < -0.3 is 24.4 Å². The van der Waals surface area contributed by atoms with Gasteiger partial charge in [0.1, 0.15) is 31.7 Å². The fraction of sp³-hybridized carbons (Fsp3) is 0.407. The standard InChI is InChI=1S/C27H29FN2O5/c1-17(18-10-11-23-24(14-18)34-13-12-33-23)29-26(31)16-30-21-8-4-5-9-22(21)35-25(27(30)32)15-19-6-2-3-7-20(19)28/h2-3,6-7,10-11,14-15,17,21-22H,4-5,8-9,12-13,16H2,1H3,(H,29,31)/b25-15+. The van der Waals surface area contributed by atoms with Gasteiger partial charge in [0, 0.05) is 5.56 Å². The van der Waals surface area contributed by atoms with Gasteiger partial charge in [-0.05, 0) is 56.0 Å². The summed E-state index contributed by atoms with van der Waals surface area (Å²) in [5.74, 6) is 0.336. The Morgan fingerprint density at radius 2 is 1.91 bits per heavy atom. The molecule has 1 saturated carbocycles. The number of benzene rings is 2. The second kappa shape index (κ2) is 9.98. The van der Waals surface area contributed by atoms with Crippen molar-refractivity contribution in [2.24, 2.45) is 0 Å². The largest absolute Gasteiger partial charge is 0.486 e. The van der Waals surface area contributed by atoms with Crippen molar-refractivity contribution in [2.75, 3.05) is 19.8 Å². The number of hydrogen-bond donors (Lipinski definition) is 1. The highest BCUT2D eigenvalue weighted by Gasteiger charge is 2.42. The van der Waals surface area contributed by atoms with Gasteiger partial charge in [-0.3, -0.25) is 9.59 Å². The lowest BCUT2D eigenvalue weighted by Gasteiger charge is -2.44. The van der Waals surface area contributed by atoms with E-state index in [4.69, 9.17) is 14.2 Å². The van der Waals surface area contributed by atoms with Crippen LogP contribution in [0.3, 0.4) is 0 Å². The molecular weight excluding hydrogens is 451 g/mol. The summed E-state index contributed by atoms with van der Waals surface area (Å²) in [5, 5.41) is 2.99. The summed E-state index contributed by atoms with van der Waals surface area (Å²) in [5.41, 5.74) is 1.16. The third-order valence-electron chi connectivity index (χ3n) is 6.77. The molecular formula is C27H29FN2O5. The minimum absolute atomic E-state index is 0.0749. The lowest BCUT2D eigenvalue weighted by molar-refractivity contribution is -0.152. The highest BCUT2D eigenvalue weighted by molar-refractivity contribution is 5.98. The Hall–Kier alpha value is -3.55. The molecule has 0 bridgehead atoms. The molecule has 2 aliphatic heterocycles. The van der Waals surface area contributed by atoms with Crippen molar-refractivity contribution in [1.29, 1.82) is 0 Å². The average Bonchev–Trinajstić information content (AvgIpc) is 2.87. The predicted octanol–water partition coefficient (Wildman–Crippen LogP) is 3.99. The first-order valence-electron chi connectivity index (χ1n) is 12.1. The molecule has 1 aliphatic carbocycles. The molecule has 2 fully saturated rings. The Morgan fingerprint density at radius 3 is 2.74 bits per heavy atom. The van der Waals surface area contributed by atoms with Crippen LogP contribution in [0.4, 0.5) is 4.39 Å². The number of nitrogens with one attached hydrogen (secondary N) is 1. The number of ether oxygens (including phenoxy) is 3. The molecule has 3 aliphatic rings. The second-order valence-electron chi connectivity index (χ2n) is 9.16. The second-order valence-corrected chi connectivity index (χ2v) is 9.16.